The molecule has 0 aliphatic heterocycles. The van der Waals surface area contributed by atoms with Crippen LogP contribution in [0.15, 0.2) is 42.5 Å². The van der Waals surface area contributed by atoms with Crippen LogP contribution in [0.25, 0.3) is 16.9 Å². The zero-order valence-electron chi connectivity index (χ0n) is 12.2. The predicted molar refractivity (Wildman–Crippen MR) is 86.0 cm³/mol. The van der Waals surface area contributed by atoms with Crippen LogP contribution in [0.4, 0.5) is 0 Å². The van der Waals surface area contributed by atoms with E-state index in [2.05, 4.69) is 16.4 Å². The highest BCUT2D eigenvalue weighted by Gasteiger charge is 2.17. The maximum atomic E-state index is 9.33. The molecule has 3 rings (SSSR count). The van der Waals surface area contributed by atoms with Crippen molar-refractivity contribution >= 4 is 11.6 Å². The lowest BCUT2D eigenvalue weighted by molar-refractivity contribution is 0.801. The maximum Gasteiger partial charge on any atom is 0.191 e. The Bertz CT molecular complexity index is 890. The van der Waals surface area contributed by atoms with Crippen molar-refractivity contribution in [1.29, 1.82) is 5.26 Å². The zero-order chi connectivity index (χ0) is 15.7. The predicted octanol–water partition coefficient (Wildman–Crippen LogP) is 4.08. The van der Waals surface area contributed by atoms with Crippen LogP contribution < -0.4 is 0 Å². The number of nitrogens with zero attached hydrogens (tertiary/aromatic N) is 4. The van der Waals surface area contributed by atoms with Gasteiger partial charge in [0.05, 0.1) is 5.69 Å². The fourth-order valence-electron chi connectivity index (χ4n) is 2.37. The van der Waals surface area contributed by atoms with Crippen LogP contribution >= 0.6 is 11.6 Å². The molecule has 2 aromatic carbocycles. The summed E-state index contributed by atoms with van der Waals surface area (Å²) in [6.45, 7) is 4.02. The topological polar surface area (TPSA) is 54.5 Å². The molecule has 0 N–H and O–H groups in total. The van der Waals surface area contributed by atoms with Gasteiger partial charge in [-0.3, -0.25) is 0 Å². The first-order valence-electron chi connectivity index (χ1n) is 6.79. The second kappa shape index (κ2) is 5.63. The molecule has 0 radical (unpaired) electrons. The minimum atomic E-state index is 0.281. The second-order valence-corrected chi connectivity index (χ2v) is 5.55. The minimum Gasteiger partial charge on any atom is -0.211 e. The van der Waals surface area contributed by atoms with Gasteiger partial charge in [0.15, 0.2) is 5.69 Å². The highest BCUT2D eigenvalue weighted by atomic mass is 35.5. The van der Waals surface area contributed by atoms with Gasteiger partial charge < -0.3 is 0 Å². The fourth-order valence-corrected chi connectivity index (χ4v) is 2.56. The minimum absolute atomic E-state index is 0.281. The number of aryl methyl sites for hydroxylation is 2. The molecule has 22 heavy (non-hydrogen) atoms. The van der Waals surface area contributed by atoms with Gasteiger partial charge in [0, 0.05) is 10.6 Å². The summed E-state index contributed by atoms with van der Waals surface area (Å²) in [7, 11) is 0. The lowest BCUT2D eigenvalue weighted by Gasteiger charge is -2.10. The van der Waals surface area contributed by atoms with Gasteiger partial charge in [-0.25, -0.2) is 4.68 Å². The summed E-state index contributed by atoms with van der Waals surface area (Å²) in [6.07, 6.45) is 0. The quantitative estimate of drug-likeness (QED) is 0.717. The SMILES string of the molecule is Cc1ccc(C)c(-n2nnc(C#N)c2-c2cccc(Cl)c2)c1. The van der Waals surface area contributed by atoms with Crippen molar-refractivity contribution < 1.29 is 0 Å². The molecule has 1 heterocycles. The largest absolute Gasteiger partial charge is 0.211 e. The summed E-state index contributed by atoms with van der Waals surface area (Å²) in [5, 5.41) is 18.1. The highest BCUT2D eigenvalue weighted by Crippen LogP contribution is 2.28. The van der Waals surface area contributed by atoms with Crippen LogP contribution in [0.1, 0.15) is 16.8 Å². The van der Waals surface area contributed by atoms with Crippen LogP contribution in [0.5, 0.6) is 0 Å². The van der Waals surface area contributed by atoms with Crippen molar-refractivity contribution in [3.8, 4) is 23.0 Å². The maximum absolute atomic E-state index is 9.33. The molecular formula is C17H13ClN4. The number of hydrogen-bond acceptors (Lipinski definition) is 3. The molecule has 0 atom stereocenters. The highest BCUT2D eigenvalue weighted by molar-refractivity contribution is 6.30. The van der Waals surface area contributed by atoms with Gasteiger partial charge in [-0.05, 0) is 43.2 Å². The molecule has 0 fully saturated rings. The number of nitriles is 1. The molecule has 108 valence electrons. The molecular weight excluding hydrogens is 296 g/mol. The van der Waals surface area contributed by atoms with E-state index in [-0.39, 0.29) is 5.69 Å². The van der Waals surface area contributed by atoms with Crippen molar-refractivity contribution in [2.75, 3.05) is 0 Å². The molecule has 0 saturated heterocycles. The van der Waals surface area contributed by atoms with Crippen molar-refractivity contribution in [2.24, 2.45) is 0 Å². The summed E-state index contributed by atoms with van der Waals surface area (Å²) in [4.78, 5) is 0. The third kappa shape index (κ3) is 2.47. The van der Waals surface area contributed by atoms with Crippen LogP contribution in [0, 0.1) is 25.2 Å². The van der Waals surface area contributed by atoms with E-state index >= 15 is 0 Å². The van der Waals surface area contributed by atoms with Crippen LogP contribution in [0.3, 0.4) is 0 Å². The van der Waals surface area contributed by atoms with E-state index in [1.54, 1.807) is 10.7 Å². The molecule has 3 aromatic rings. The van der Waals surface area contributed by atoms with E-state index in [0.29, 0.717) is 10.7 Å². The monoisotopic (exact) mass is 308 g/mol. The average Bonchev–Trinajstić information content (AvgIpc) is 2.93. The molecule has 0 spiro atoms. The van der Waals surface area contributed by atoms with Crippen molar-refractivity contribution in [3.05, 3.63) is 64.3 Å². The number of rotatable bonds is 2. The first kappa shape index (κ1) is 14.3. The Balaban J connectivity index is 2.29. The first-order valence-corrected chi connectivity index (χ1v) is 7.17. The lowest BCUT2D eigenvalue weighted by Crippen LogP contribution is -2.02. The zero-order valence-corrected chi connectivity index (χ0v) is 13.0. The van der Waals surface area contributed by atoms with E-state index in [0.717, 1.165) is 22.4 Å². The number of hydrogen-bond donors (Lipinski definition) is 0. The van der Waals surface area contributed by atoms with Gasteiger partial charge in [0.1, 0.15) is 11.8 Å². The standard InChI is InChI=1S/C17H13ClN4/c1-11-6-7-12(2)16(8-11)22-17(15(10-19)20-21-22)13-4-3-5-14(18)9-13/h3-9H,1-2H3. The Labute approximate surface area is 133 Å². The Hall–Kier alpha value is -2.64. The van der Waals surface area contributed by atoms with Gasteiger partial charge >= 0.3 is 0 Å². The molecule has 0 bridgehead atoms. The smallest absolute Gasteiger partial charge is 0.191 e. The van der Waals surface area contributed by atoms with E-state index in [1.165, 1.54) is 0 Å². The molecule has 0 aliphatic carbocycles. The molecule has 4 nitrogen and oxygen atoms in total. The Morgan fingerprint density at radius 1 is 1.14 bits per heavy atom. The van der Waals surface area contributed by atoms with E-state index in [1.807, 2.05) is 50.2 Å². The number of benzene rings is 2. The van der Waals surface area contributed by atoms with Crippen molar-refractivity contribution in [3.63, 3.8) is 0 Å². The lowest BCUT2D eigenvalue weighted by atomic mass is 10.1. The van der Waals surface area contributed by atoms with Gasteiger partial charge in [-0.2, -0.15) is 5.26 Å². The summed E-state index contributed by atoms with van der Waals surface area (Å²) >= 11 is 6.08. The summed E-state index contributed by atoms with van der Waals surface area (Å²) in [6, 6.07) is 15.5. The molecule has 5 heteroatoms. The molecule has 0 amide bonds. The summed E-state index contributed by atoms with van der Waals surface area (Å²) in [5.41, 5.74) is 4.83. The molecule has 0 aliphatic rings. The number of halogens is 1. The molecule has 0 saturated carbocycles. The van der Waals surface area contributed by atoms with Crippen LogP contribution in [-0.2, 0) is 0 Å². The van der Waals surface area contributed by atoms with Crippen molar-refractivity contribution in [1.82, 2.24) is 15.0 Å². The summed E-state index contributed by atoms with van der Waals surface area (Å²) < 4.78 is 1.70. The second-order valence-electron chi connectivity index (χ2n) is 5.11. The van der Waals surface area contributed by atoms with Gasteiger partial charge in [0.25, 0.3) is 0 Å². The molecule has 1 aromatic heterocycles. The van der Waals surface area contributed by atoms with Gasteiger partial charge in [-0.1, -0.05) is 41.1 Å². The average molecular weight is 309 g/mol. The third-order valence-electron chi connectivity index (χ3n) is 3.47. The normalized spacial score (nSPS) is 10.5. The Morgan fingerprint density at radius 3 is 2.68 bits per heavy atom. The van der Waals surface area contributed by atoms with E-state index < -0.39 is 0 Å². The number of aromatic nitrogens is 3. The summed E-state index contributed by atoms with van der Waals surface area (Å²) in [5.74, 6) is 0. The fraction of sp³-hybridized carbons (Fsp3) is 0.118. The van der Waals surface area contributed by atoms with E-state index in [4.69, 9.17) is 11.6 Å². The Morgan fingerprint density at radius 2 is 1.95 bits per heavy atom. The van der Waals surface area contributed by atoms with Gasteiger partial charge in [-0.15, -0.1) is 5.10 Å². The Kier molecular flexibility index (Phi) is 3.66. The van der Waals surface area contributed by atoms with E-state index in [9.17, 15) is 5.26 Å². The molecule has 0 unspecified atom stereocenters. The van der Waals surface area contributed by atoms with Crippen LogP contribution in [-0.4, -0.2) is 15.0 Å². The third-order valence-corrected chi connectivity index (χ3v) is 3.70. The van der Waals surface area contributed by atoms with Gasteiger partial charge in [0.2, 0.25) is 0 Å². The van der Waals surface area contributed by atoms with Crippen LogP contribution in [0.2, 0.25) is 5.02 Å². The first-order chi connectivity index (χ1) is 10.6. The van der Waals surface area contributed by atoms with Crippen molar-refractivity contribution in [2.45, 2.75) is 13.8 Å².